The molecule has 1 aliphatic heterocycles. The molecule has 0 unspecified atom stereocenters. The van der Waals surface area contributed by atoms with E-state index < -0.39 is 6.10 Å². The van der Waals surface area contributed by atoms with Crippen LogP contribution in [0, 0.1) is 11.3 Å². The van der Waals surface area contributed by atoms with Crippen molar-refractivity contribution in [2.45, 2.75) is 12.5 Å². The second-order valence-electron chi connectivity index (χ2n) is 9.20. The van der Waals surface area contributed by atoms with Gasteiger partial charge in [-0.2, -0.15) is 5.26 Å². The molecule has 1 fully saturated rings. The van der Waals surface area contributed by atoms with Crippen molar-refractivity contribution >= 4 is 22.3 Å². The largest absolute Gasteiger partial charge is 0.493 e. The van der Waals surface area contributed by atoms with Crippen LogP contribution in [0.2, 0.25) is 0 Å². The molecule has 1 saturated heterocycles. The Morgan fingerprint density at radius 3 is 2.41 bits per heavy atom. The van der Waals surface area contributed by atoms with E-state index in [-0.39, 0.29) is 6.61 Å². The predicted octanol–water partition coefficient (Wildman–Crippen LogP) is 5.10. The molecule has 1 aromatic heterocycles. The molecule has 3 aromatic carbocycles. The molecule has 0 bridgehead atoms. The first-order valence-electron chi connectivity index (χ1n) is 12.7. The van der Waals surface area contributed by atoms with Crippen LogP contribution in [0.15, 0.2) is 66.9 Å². The number of nitrogens with one attached hydrogen (secondary N) is 1. The molecule has 1 aliphatic rings. The molecule has 1 atom stereocenters. The van der Waals surface area contributed by atoms with Gasteiger partial charge in [0, 0.05) is 29.9 Å². The van der Waals surface area contributed by atoms with Gasteiger partial charge in [-0.3, -0.25) is 4.98 Å². The number of para-hydroxylation sites is 2. The number of β-amino-alcohol motifs (C(OH)–C–C–N with tert-alkyl or cyclic N) is 1. The van der Waals surface area contributed by atoms with Crippen LogP contribution in [0.5, 0.6) is 28.7 Å². The summed E-state index contributed by atoms with van der Waals surface area (Å²) in [5.74, 6) is 2.87. The van der Waals surface area contributed by atoms with E-state index in [4.69, 9.17) is 18.9 Å². The molecular formula is C30H30N4O5. The number of hydrogen-bond donors (Lipinski definition) is 2. The second-order valence-corrected chi connectivity index (χ2v) is 9.20. The Hall–Kier alpha value is -4.52. The Morgan fingerprint density at radius 1 is 1.00 bits per heavy atom. The van der Waals surface area contributed by atoms with E-state index >= 15 is 0 Å². The summed E-state index contributed by atoms with van der Waals surface area (Å²) in [5, 5.41) is 24.2. The number of hydrogen-bond acceptors (Lipinski definition) is 9. The maximum absolute atomic E-state index is 10.3. The highest BCUT2D eigenvalue weighted by molar-refractivity contribution is 5.97. The fourth-order valence-corrected chi connectivity index (χ4v) is 4.37. The fourth-order valence-electron chi connectivity index (χ4n) is 4.37. The van der Waals surface area contributed by atoms with Crippen LogP contribution in [0.25, 0.3) is 10.9 Å². The fraction of sp³-hybridized carbons (Fsp3) is 0.267. The molecule has 0 amide bonds. The first kappa shape index (κ1) is 26.1. The number of rotatable bonds is 11. The van der Waals surface area contributed by atoms with Crippen molar-refractivity contribution in [3.63, 3.8) is 0 Å². The number of benzene rings is 3. The maximum Gasteiger partial charge on any atom is 0.169 e. The predicted molar refractivity (Wildman–Crippen MR) is 148 cm³/mol. The van der Waals surface area contributed by atoms with E-state index in [1.165, 1.54) is 12.6 Å². The van der Waals surface area contributed by atoms with Crippen molar-refractivity contribution in [3.05, 3.63) is 72.4 Å². The van der Waals surface area contributed by atoms with Gasteiger partial charge in [0.05, 0.1) is 31.0 Å². The number of ether oxygens (including phenoxy) is 4. The molecule has 39 heavy (non-hydrogen) atoms. The topological polar surface area (TPSA) is 109 Å². The maximum atomic E-state index is 10.3. The van der Waals surface area contributed by atoms with E-state index in [9.17, 15) is 10.4 Å². The minimum absolute atomic E-state index is 0.142. The number of pyridine rings is 1. The molecule has 9 nitrogen and oxygen atoms in total. The first-order chi connectivity index (χ1) is 19.1. The number of aliphatic hydroxyl groups excluding tert-OH is 1. The van der Waals surface area contributed by atoms with E-state index in [2.05, 4.69) is 21.3 Å². The quantitative estimate of drug-likeness (QED) is 0.276. The molecule has 2 N–H and O–H groups in total. The summed E-state index contributed by atoms with van der Waals surface area (Å²) < 4.78 is 22.8. The minimum atomic E-state index is -0.605. The highest BCUT2D eigenvalue weighted by Crippen LogP contribution is 2.38. The van der Waals surface area contributed by atoms with Gasteiger partial charge in [-0.25, -0.2) is 0 Å². The van der Waals surface area contributed by atoms with Crippen molar-refractivity contribution < 1.29 is 24.1 Å². The summed E-state index contributed by atoms with van der Waals surface area (Å²) in [6.07, 6.45) is 2.09. The number of anilines is 2. The third-order valence-corrected chi connectivity index (χ3v) is 6.54. The average molecular weight is 527 g/mol. The summed E-state index contributed by atoms with van der Waals surface area (Å²) in [6, 6.07) is 20.6. The number of fused-ring (bicyclic) bond motifs is 1. The lowest BCUT2D eigenvalue weighted by Crippen LogP contribution is -2.43. The zero-order valence-corrected chi connectivity index (χ0v) is 21.9. The van der Waals surface area contributed by atoms with Crippen LogP contribution in [0.1, 0.15) is 12.0 Å². The van der Waals surface area contributed by atoms with E-state index in [1.54, 1.807) is 26.4 Å². The summed E-state index contributed by atoms with van der Waals surface area (Å²) in [4.78, 5) is 6.65. The molecular weight excluding hydrogens is 496 g/mol. The molecule has 4 aromatic rings. The third kappa shape index (κ3) is 5.98. The number of nitriles is 1. The highest BCUT2D eigenvalue weighted by atomic mass is 16.5. The third-order valence-electron chi connectivity index (χ3n) is 6.54. The minimum Gasteiger partial charge on any atom is -0.493 e. The summed E-state index contributed by atoms with van der Waals surface area (Å²) in [6.45, 7) is 2.74. The molecule has 9 heteroatoms. The Bertz CT molecular complexity index is 1480. The number of aliphatic hydroxyl groups is 1. The molecule has 0 saturated carbocycles. The van der Waals surface area contributed by atoms with Crippen LogP contribution in [0.4, 0.5) is 11.4 Å². The van der Waals surface area contributed by atoms with Gasteiger partial charge in [-0.15, -0.1) is 0 Å². The summed E-state index contributed by atoms with van der Waals surface area (Å²) in [7, 11) is 3.16. The Balaban J connectivity index is 1.37. The van der Waals surface area contributed by atoms with Crippen LogP contribution >= 0.6 is 0 Å². The van der Waals surface area contributed by atoms with Gasteiger partial charge in [-0.05, 0) is 62.0 Å². The van der Waals surface area contributed by atoms with Gasteiger partial charge in [-0.1, -0.05) is 12.1 Å². The lowest BCUT2D eigenvalue weighted by atomic mass is 10.1. The standard InChI is InChI=1S/C30H30N4O5/c1-36-26-6-3-4-7-27(26)39-23-10-8-21(9-11-23)33-30-20(16-31)17-32-25-15-29(28(37-2)14-24(25)30)38-19-22(35)18-34-12-5-13-34/h3-4,6-11,14-15,17,22,35H,5,12-13,18-19H2,1-2H3,(H,32,33)/t22-/m0/s1. The zero-order chi connectivity index (χ0) is 27.2. The van der Waals surface area contributed by atoms with Gasteiger partial charge < -0.3 is 34.3 Å². The number of methoxy groups -OCH3 is 2. The monoisotopic (exact) mass is 526 g/mol. The van der Waals surface area contributed by atoms with Crippen LogP contribution in [-0.2, 0) is 0 Å². The molecule has 0 aliphatic carbocycles. The van der Waals surface area contributed by atoms with Gasteiger partial charge in [0.2, 0.25) is 0 Å². The summed E-state index contributed by atoms with van der Waals surface area (Å²) in [5.41, 5.74) is 2.38. The smallest absolute Gasteiger partial charge is 0.169 e. The average Bonchev–Trinajstić information content (AvgIpc) is 2.94. The van der Waals surface area contributed by atoms with Crippen LogP contribution < -0.4 is 24.3 Å². The van der Waals surface area contributed by atoms with Crippen LogP contribution in [0.3, 0.4) is 0 Å². The lowest BCUT2D eigenvalue weighted by molar-refractivity contribution is 0.0460. The summed E-state index contributed by atoms with van der Waals surface area (Å²) >= 11 is 0. The highest BCUT2D eigenvalue weighted by Gasteiger charge is 2.19. The van der Waals surface area contributed by atoms with Crippen molar-refractivity contribution in [3.8, 4) is 34.8 Å². The van der Waals surface area contributed by atoms with Crippen molar-refractivity contribution in [1.29, 1.82) is 5.26 Å². The Morgan fingerprint density at radius 2 is 1.74 bits per heavy atom. The van der Waals surface area contributed by atoms with E-state index in [0.717, 1.165) is 18.8 Å². The number of likely N-dealkylation sites (tertiary alicyclic amines) is 1. The first-order valence-corrected chi connectivity index (χ1v) is 12.7. The lowest BCUT2D eigenvalue weighted by Gasteiger charge is -2.32. The van der Waals surface area contributed by atoms with Crippen molar-refractivity contribution in [1.82, 2.24) is 9.88 Å². The van der Waals surface area contributed by atoms with Gasteiger partial charge in [0.15, 0.2) is 23.0 Å². The Labute approximate surface area is 227 Å². The molecule has 0 radical (unpaired) electrons. The van der Waals surface area contributed by atoms with E-state index in [0.29, 0.717) is 57.4 Å². The van der Waals surface area contributed by atoms with Gasteiger partial charge >= 0.3 is 0 Å². The van der Waals surface area contributed by atoms with Crippen molar-refractivity contribution in [2.75, 3.05) is 45.8 Å². The van der Waals surface area contributed by atoms with Crippen LogP contribution in [-0.4, -0.2) is 61.6 Å². The number of nitrogens with zero attached hydrogens (tertiary/aromatic N) is 3. The normalized spacial score (nSPS) is 13.7. The molecule has 5 rings (SSSR count). The SMILES string of the molecule is COc1cc2c(Nc3ccc(Oc4ccccc4OC)cc3)c(C#N)cnc2cc1OC[C@@H](O)CN1CCC1. The molecule has 2 heterocycles. The zero-order valence-electron chi connectivity index (χ0n) is 21.9. The van der Waals surface area contributed by atoms with Crippen molar-refractivity contribution in [2.24, 2.45) is 0 Å². The van der Waals surface area contributed by atoms with Gasteiger partial charge in [0.25, 0.3) is 0 Å². The molecule has 0 spiro atoms. The van der Waals surface area contributed by atoms with Gasteiger partial charge in [0.1, 0.15) is 24.5 Å². The number of aromatic nitrogens is 1. The molecule has 200 valence electrons. The second kappa shape index (κ2) is 11.9. The Kier molecular flexibility index (Phi) is 7.96. The van der Waals surface area contributed by atoms with E-state index in [1.807, 2.05) is 48.5 Å².